The number of unbranched alkanes of at least 4 members (excludes halogenated alkanes) is 2. The van der Waals surface area contributed by atoms with Gasteiger partial charge in [0.05, 0.1) is 8.07 Å². The number of allylic oxidation sites excluding steroid dienone is 5. The summed E-state index contributed by atoms with van der Waals surface area (Å²) in [4.78, 5) is 0. The third-order valence-electron chi connectivity index (χ3n) is 8.31. The molecule has 0 aromatic heterocycles. The molecule has 0 spiro atoms. The second-order valence-electron chi connectivity index (χ2n) is 10.2. The number of fused-ring (bicyclic) bond motifs is 5. The molecule has 3 aromatic rings. The molecule has 35 heavy (non-hydrogen) atoms. The Kier molecular flexibility index (Phi) is 6.97. The molecule has 3 aliphatic rings. The zero-order chi connectivity index (χ0) is 23.1. The molecule has 172 valence electrons. The average molecular weight is 548 g/mol. The summed E-state index contributed by atoms with van der Waals surface area (Å²) >= 11 is 0. The van der Waals surface area contributed by atoms with Crippen LogP contribution in [0.2, 0.25) is 12.6 Å². The average Bonchev–Trinajstić information content (AvgIpc) is 3.41. The Morgan fingerprint density at radius 2 is 1.43 bits per heavy atom. The number of benzene rings is 3. The SMILES string of the molecule is C=CCCCC[Si](C)(C1=c2ccccc2=C2C=CC=CC21)C1c2ccccc2-c2ccccc21.[Zr]. The van der Waals surface area contributed by atoms with Crippen LogP contribution in [-0.2, 0) is 26.2 Å². The summed E-state index contributed by atoms with van der Waals surface area (Å²) in [5.74, 6) is 0.415. The van der Waals surface area contributed by atoms with Crippen LogP contribution in [0.1, 0.15) is 35.9 Å². The molecule has 0 heterocycles. The van der Waals surface area contributed by atoms with E-state index in [4.69, 9.17) is 0 Å². The van der Waals surface area contributed by atoms with E-state index in [2.05, 4.69) is 116 Å². The molecule has 3 aliphatic carbocycles. The third kappa shape index (κ3) is 3.90. The van der Waals surface area contributed by atoms with Crippen molar-refractivity contribution in [3.8, 4) is 11.1 Å². The smallest absolute Gasteiger partial charge is 0.0927 e. The fourth-order valence-electron chi connectivity index (χ4n) is 6.91. The van der Waals surface area contributed by atoms with Gasteiger partial charge in [-0.25, -0.2) is 0 Å². The maximum Gasteiger partial charge on any atom is 0.0927 e. The predicted molar refractivity (Wildman–Crippen MR) is 148 cm³/mol. The predicted octanol–water partition coefficient (Wildman–Crippen LogP) is 7.07. The van der Waals surface area contributed by atoms with E-state index in [9.17, 15) is 0 Å². The van der Waals surface area contributed by atoms with Crippen LogP contribution >= 0.6 is 0 Å². The van der Waals surface area contributed by atoms with E-state index in [1.165, 1.54) is 46.0 Å². The van der Waals surface area contributed by atoms with E-state index in [1.807, 2.05) is 0 Å². The summed E-state index contributed by atoms with van der Waals surface area (Å²) in [6, 6.07) is 28.9. The zero-order valence-electron chi connectivity index (χ0n) is 20.5. The molecule has 6 rings (SSSR count). The van der Waals surface area contributed by atoms with Gasteiger partial charge in [-0.2, -0.15) is 0 Å². The van der Waals surface area contributed by atoms with Crippen molar-refractivity contribution in [2.45, 2.75) is 37.4 Å². The van der Waals surface area contributed by atoms with E-state index in [0.717, 1.165) is 6.42 Å². The first-order valence-corrected chi connectivity index (χ1v) is 15.5. The molecule has 0 aliphatic heterocycles. The van der Waals surface area contributed by atoms with Crippen LogP contribution in [0, 0.1) is 5.92 Å². The van der Waals surface area contributed by atoms with Crippen molar-refractivity contribution < 1.29 is 26.2 Å². The van der Waals surface area contributed by atoms with Gasteiger partial charge in [-0.1, -0.05) is 134 Å². The minimum Gasteiger partial charge on any atom is -0.103 e. The molecule has 0 N–H and O–H groups in total. The summed E-state index contributed by atoms with van der Waals surface area (Å²) in [7, 11) is -2.02. The Morgan fingerprint density at radius 3 is 2.11 bits per heavy atom. The van der Waals surface area contributed by atoms with Crippen molar-refractivity contribution >= 4 is 18.8 Å². The van der Waals surface area contributed by atoms with E-state index < -0.39 is 8.07 Å². The summed E-state index contributed by atoms with van der Waals surface area (Å²) in [5.41, 5.74) is 7.99. The Morgan fingerprint density at radius 1 is 0.800 bits per heavy atom. The van der Waals surface area contributed by atoms with E-state index in [0.29, 0.717) is 11.5 Å². The first-order chi connectivity index (χ1) is 16.7. The van der Waals surface area contributed by atoms with Gasteiger partial charge in [0.2, 0.25) is 0 Å². The Bertz CT molecular complexity index is 1410. The normalized spacial score (nSPS) is 18.8. The standard InChI is InChI=1S/C33H32Si.Zr/c1-3-4-5-14-23-34(2,32-28-19-10-6-15-24(28)25-16-7-11-20-29(25)32)33-30-21-12-8-17-26(30)27-18-9-13-22-31(27)33;/h3,6-13,15-22,28,33H,1,4-5,14,23H2,2H3;. The molecule has 0 saturated carbocycles. The van der Waals surface area contributed by atoms with Crippen molar-refractivity contribution in [1.82, 2.24) is 0 Å². The van der Waals surface area contributed by atoms with Gasteiger partial charge in [-0.15, -0.1) is 6.58 Å². The molecule has 2 unspecified atom stereocenters. The van der Waals surface area contributed by atoms with Crippen LogP contribution in [0.3, 0.4) is 0 Å². The van der Waals surface area contributed by atoms with Gasteiger partial charge >= 0.3 is 0 Å². The minimum atomic E-state index is -2.02. The molecule has 0 fully saturated rings. The summed E-state index contributed by atoms with van der Waals surface area (Å²) in [5, 5.41) is 4.71. The molecule has 0 nitrogen and oxygen atoms in total. The maximum atomic E-state index is 3.98. The monoisotopic (exact) mass is 546 g/mol. The summed E-state index contributed by atoms with van der Waals surface area (Å²) < 4.78 is 0. The van der Waals surface area contributed by atoms with Crippen molar-refractivity contribution in [3.05, 3.63) is 131 Å². The van der Waals surface area contributed by atoms with E-state index in [1.54, 1.807) is 16.3 Å². The number of hydrogen-bond acceptors (Lipinski definition) is 0. The van der Waals surface area contributed by atoms with Crippen molar-refractivity contribution in [2.24, 2.45) is 5.92 Å². The Hall–Kier alpha value is -2.28. The molecular weight excluding hydrogens is 516 g/mol. The van der Waals surface area contributed by atoms with Gasteiger partial charge in [0.25, 0.3) is 0 Å². The van der Waals surface area contributed by atoms with Gasteiger partial charge in [0.1, 0.15) is 0 Å². The van der Waals surface area contributed by atoms with Crippen LogP contribution in [0.4, 0.5) is 0 Å². The van der Waals surface area contributed by atoms with Crippen LogP contribution in [-0.4, -0.2) is 8.07 Å². The van der Waals surface area contributed by atoms with Crippen molar-refractivity contribution in [3.63, 3.8) is 0 Å². The fourth-order valence-corrected chi connectivity index (χ4v) is 12.4. The van der Waals surface area contributed by atoms with Gasteiger partial charge in [-0.3, -0.25) is 0 Å². The van der Waals surface area contributed by atoms with E-state index in [-0.39, 0.29) is 26.2 Å². The molecule has 0 saturated heterocycles. The Labute approximate surface area is 229 Å². The molecular formula is C33H32SiZr. The quantitative estimate of drug-likeness (QED) is 0.169. The molecule has 2 atom stereocenters. The summed E-state index contributed by atoms with van der Waals surface area (Å²) in [6.45, 7) is 6.68. The second-order valence-corrected chi connectivity index (χ2v) is 14.6. The van der Waals surface area contributed by atoms with Crippen LogP contribution in [0.15, 0.2) is 110 Å². The van der Waals surface area contributed by atoms with Gasteiger partial charge < -0.3 is 0 Å². The first kappa shape index (κ1) is 24.4. The molecule has 0 bridgehead atoms. The third-order valence-corrected chi connectivity index (χ3v) is 13.4. The molecule has 0 radical (unpaired) electrons. The van der Waals surface area contributed by atoms with E-state index >= 15 is 0 Å². The zero-order valence-corrected chi connectivity index (χ0v) is 24.0. The van der Waals surface area contributed by atoms with Crippen LogP contribution in [0.25, 0.3) is 21.9 Å². The van der Waals surface area contributed by atoms with Crippen molar-refractivity contribution in [2.75, 3.05) is 0 Å². The molecule has 2 heteroatoms. The van der Waals surface area contributed by atoms with Crippen molar-refractivity contribution in [1.29, 1.82) is 0 Å². The number of hydrogen-bond donors (Lipinski definition) is 0. The topological polar surface area (TPSA) is 0 Å². The maximum absolute atomic E-state index is 3.98. The van der Waals surface area contributed by atoms with Gasteiger partial charge in [-0.05, 0) is 44.7 Å². The van der Waals surface area contributed by atoms with Crippen LogP contribution < -0.4 is 10.4 Å². The first-order valence-electron chi connectivity index (χ1n) is 12.7. The second kappa shape index (κ2) is 10.00. The van der Waals surface area contributed by atoms with Crippen LogP contribution in [0.5, 0.6) is 0 Å². The van der Waals surface area contributed by atoms with Gasteiger partial charge in [0.15, 0.2) is 0 Å². The fraction of sp³-hybridized carbons (Fsp3) is 0.212. The molecule has 0 amide bonds. The Balaban J connectivity index is 0.00000253. The molecule has 3 aromatic carbocycles. The minimum absolute atomic E-state index is 0. The summed E-state index contributed by atoms with van der Waals surface area (Å²) in [6.07, 6.45) is 15.0. The number of rotatable bonds is 7. The van der Waals surface area contributed by atoms with Gasteiger partial charge in [0, 0.05) is 37.7 Å². The largest absolute Gasteiger partial charge is 0.103 e.